The molecule has 0 aromatic rings. The maximum atomic E-state index is 10.6. The number of alkyl halides is 3. The van der Waals surface area contributed by atoms with Gasteiger partial charge in [-0.25, -0.2) is 0 Å². The number of nitrogens with one attached hydrogen (secondary N) is 1. The number of hydrogen-bond donors (Lipinski definition) is 3. The minimum atomic E-state index is -3.67. The summed E-state index contributed by atoms with van der Waals surface area (Å²) in [5, 5.41) is 1.64. The van der Waals surface area contributed by atoms with Gasteiger partial charge in [0.05, 0.1) is 0 Å². The Morgan fingerprint density at radius 3 is 1.82 bits per heavy atom. The average molecular weight is 240 g/mol. The lowest BCUT2D eigenvalue weighted by Crippen LogP contribution is -2.36. The topological polar surface area (TPSA) is 98.2 Å². The Morgan fingerprint density at radius 1 is 1.36 bits per heavy atom. The third kappa shape index (κ3) is 5.73. The molecule has 9 heteroatoms. The first kappa shape index (κ1) is 11.5. The maximum Gasteiger partial charge on any atom is 0.300 e. The molecule has 0 aromatic carbocycles. The van der Waals surface area contributed by atoms with Crippen molar-refractivity contribution in [3.8, 4) is 0 Å². The number of nitrogens with two attached hydrogens (primary N) is 2. The monoisotopic (exact) mass is 239 g/mol. The van der Waals surface area contributed by atoms with Crippen molar-refractivity contribution in [2.45, 2.75) is 3.79 Å². The molecule has 0 fully saturated rings. The lowest BCUT2D eigenvalue weighted by atomic mass is 10.7. The molecule has 0 aliphatic rings. The fourth-order valence-electron chi connectivity index (χ4n) is 0.222. The Balaban J connectivity index is 4.23. The molecule has 0 aliphatic heterocycles. The molecular formula is C2H5Cl3N3O2P. The standard InChI is InChI=1S/C2H5Cl3N3O2P/c3-2(4,5)1(9)8-11(6,7)10/h(H5,6,7,8,9,10). The minimum Gasteiger partial charge on any atom is -0.280 e. The van der Waals surface area contributed by atoms with Crippen molar-refractivity contribution in [3.05, 3.63) is 0 Å². The van der Waals surface area contributed by atoms with Gasteiger partial charge in [-0.1, -0.05) is 34.8 Å². The molecule has 0 radical (unpaired) electrons. The van der Waals surface area contributed by atoms with Crippen molar-refractivity contribution >= 4 is 48.3 Å². The SMILES string of the molecule is NP(N)(=O)NC(=O)C(Cl)(Cl)Cl. The van der Waals surface area contributed by atoms with E-state index in [-0.39, 0.29) is 0 Å². The highest BCUT2D eigenvalue weighted by molar-refractivity contribution is 7.57. The predicted molar refractivity (Wildman–Crippen MR) is 44.4 cm³/mol. The van der Waals surface area contributed by atoms with E-state index in [1.54, 1.807) is 5.09 Å². The summed E-state index contributed by atoms with van der Waals surface area (Å²) in [6, 6.07) is 0. The largest absolute Gasteiger partial charge is 0.300 e. The summed E-state index contributed by atoms with van der Waals surface area (Å²) >= 11 is 15.2. The molecule has 0 bridgehead atoms. The van der Waals surface area contributed by atoms with E-state index < -0.39 is 17.3 Å². The highest BCUT2D eigenvalue weighted by atomic mass is 35.6. The molecule has 66 valence electrons. The number of rotatable bonds is 1. The van der Waals surface area contributed by atoms with Crippen molar-refractivity contribution in [3.63, 3.8) is 0 Å². The molecule has 5 nitrogen and oxygen atoms in total. The Labute approximate surface area is 77.9 Å². The van der Waals surface area contributed by atoms with Crippen molar-refractivity contribution in [1.82, 2.24) is 5.09 Å². The third-order valence-electron chi connectivity index (χ3n) is 0.534. The number of carbonyl (C=O) groups excluding carboxylic acids is 1. The van der Waals surface area contributed by atoms with Crippen LogP contribution in [0.15, 0.2) is 0 Å². The average Bonchev–Trinajstić information content (AvgIpc) is 1.56. The fraction of sp³-hybridized carbons (Fsp3) is 0.500. The summed E-state index contributed by atoms with van der Waals surface area (Å²) in [5.74, 6) is -1.11. The minimum absolute atomic E-state index is 1.11. The van der Waals surface area contributed by atoms with Crippen LogP contribution < -0.4 is 16.1 Å². The van der Waals surface area contributed by atoms with Crippen molar-refractivity contribution in [1.29, 1.82) is 0 Å². The Hall–Kier alpha value is 0.490. The van der Waals surface area contributed by atoms with Gasteiger partial charge in [0.25, 0.3) is 17.3 Å². The lowest BCUT2D eigenvalue weighted by Gasteiger charge is -2.13. The predicted octanol–water partition coefficient (Wildman–Crippen LogP) is 0.498. The molecular weight excluding hydrogens is 235 g/mol. The van der Waals surface area contributed by atoms with Crippen molar-refractivity contribution in [2.75, 3.05) is 0 Å². The van der Waals surface area contributed by atoms with Crippen molar-refractivity contribution < 1.29 is 9.36 Å². The normalized spacial score (nSPS) is 12.8. The molecule has 0 spiro atoms. The van der Waals surface area contributed by atoms with Gasteiger partial charge in [0.15, 0.2) is 0 Å². The summed E-state index contributed by atoms with van der Waals surface area (Å²) in [4.78, 5) is 10.6. The van der Waals surface area contributed by atoms with Crippen LogP contribution in [0.5, 0.6) is 0 Å². The zero-order valence-corrected chi connectivity index (χ0v) is 8.21. The van der Waals surface area contributed by atoms with Gasteiger partial charge in [-0.2, -0.15) is 0 Å². The van der Waals surface area contributed by atoms with Crippen LogP contribution in [0.4, 0.5) is 0 Å². The van der Waals surface area contributed by atoms with Crippen LogP contribution in [-0.4, -0.2) is 9.70 Å². The van der Waals surface area contributed by atoms with E-state index in [9.17, 15) is 9.36 Å². The first-order valence-electron chi connectivity index (χ1n) is 2.19. The van der Waals surface area contributed by atoms with E-state index in [0.29, 0.717) is 0 Å². The number of halogens is 3. The van der Waals surface area contributed by atoms with Gasteiger partial charge >= 0.3 is 0 Å². The second-order valence-electron chi connectivity index (χ2n) is 1.65. The fourth-order valence-corrected chi connectivity index (χ4v) is 1.05. The van der Waals surface area contributed by atoms with E-state index in [1.807, 2.05) is 0 Å². The smallest absolute Gasteiger partial charge is 0.280 e. The van der Waals surface area contributed by atoms with Crippen LogP contribution in [0.3, 0.4) is 0 Å². The lowest BCUT2D eigenvalue weighted by molar-refractivity contribution is -0.118. The first-order valence-corrected chi connectivity index (χ1v) is 5.17. The molecule has 0 saturated heterocycles. The highest BCUT2D eigenvalue weighted by Crippen LogP contribution is 2.29. The summed E-state index contributed by atoms with van der Waals surface area (Å²) in [6.07, 6.45) is 0. The number of amides is 1. The van der Waals surface area contributed by atoms with E-state index in [4.69, 9.17) is 45.8 Å². The summed E-state index contributed by atoms with van der Waals surface area (Å²) in [7, 11) is -3.67. The molecule has 11 heavy (non-hydrogen) atoms. The summed E-state index contributed by atoms with van der Waals surface area (Å²) in [5.41, 5.74) is 9.52. The van der Waals surface area contributed by atoms with Gasteiger partial charge in [0.1, 0.15) is 0 Å². The number of hydrogen-bond acceptors (Lipinski definition) is 2. The zero-order chi connectivity index (χ0) is 9.28. The van der Waals surface area contributed by atoms with Crippen LogP contribution in [0.2, 0.25) is 0 Å². The van der Waals surface area contributed by atoms with Crippen LogP contribution in [0, 0.1) is 0 Å². The summed E-state index contributed by atoms with van der Waals surface area (Å²) in [6.45, 7) is 0. The molecule has 5 N–H and O–H groups in total. The molecule has 0 aromatic heterocycles. The van der Waals surface area contributed by atoms with Gasteiger partial charge in [-0.05, 0) is 0 Å². The Morgan fingerprint density at radius 2 is 1.73 bits per heavy atom. The van der Waals surface area contributed by atoms with Crippen LogP contribution in [0.25, 0.3) is 0 Å². The van der Waals surface area contributed by atoms with Crippen molar-refractivity contribution in [2.24, 2.45) is 11.0 Å². The maximum absolute atomic E-state index is 10.6. The quantitative estimate of drug-likeness (QED) is 0.459. The second-order valence-corrected chi connectivity index (χ2v) is 5.57. The molecule has 1 amide bonds. The molecule has 0 heterocycles. The molecule has 0 rings (SSSR count). The highest BCUT2D eigenvalue weighted by Gasteiger charge is 2.33. The van der Waals surface area contributed by atoms with E-state index in [0.717, 1.165) is 0 Å². The zero-order valence-electron chi connectivity index (χ0n) is 5.05. The Kier molecular flexibility index (Phi) is 3.63. The van der Waals surface area contributed by atoms with Gasteiger partial charge in [-0.15, -0.1) is 0 Å². The second kappa shape index (κ2) is 3.47. The first-order chi connectivity index (χ1) is 4.63. The molecule has 0 atom stereocenters. The van der Waals surface area contributed by atoms with Crippen LogP contribution >= 0.6 is 42.4 Å². The molecule has 0 saturated carbocycles. The van der Waals surface area contributed by atoms with E-state index in [1.165, 1.54) is 0 Å². The molecule has 0 aliphatic carbocycles. The van der Waals surface area contributed by atoms with Gasteiger partial charge in [0.2, 0.25) is 0 Å². The van der Waals surface area contributed by atoms with E-state index in [2.05, 4.69) is 0 Å². The van der Waals surface area contributed by atoms with Crippen LogP contribution in [-0.2, 0) is 9.36 Å². The van der Waals surface area contributed by atoms with Gasteiger partial charge < -0.3 is 0 Å². The van der Waals surface area contributed by atoms with Gasteiger partial charge in [-0.3, -0.25) is 25.5 Å². The Bertz CT molecular complexity index is 207. The van der Waals surface area contributed by atoms with E-state index >= 15 is 0 Å². The third-order valence-corrected chi connectivity index (χ3v) is 1.60. The van der Waals surface area contributed by atoms with Crippen LogP contribution in [0.1, 0.15) is 0 Å². The molecule has 0 unspecified atom stereocenters. The summed E-state index contributed by atoms with van der Waals surface area (Å²) < 4.78 is 8.32. The number of carbonyl (C=O) groups is 1. The van der Waals surface area contributed by atoms with Gasteiger partial charge in [0, 0.05) is 0 Å².